The van der Waals surface area contributed by atoms with Gasteiger partial charge in [-0.3, -0.25) is 9.78 Å². The minimum Gasteiger partial charge on any atom is -0.492 e. The van der Waals surface area contributed by atoms with Gasteiger partial charge in [0.15, 0.2) is 0 Å². The van der Waals surface area contributed by atoms with E-state index >= 15 is 0 Å². The number of ether oxygens (including phenoxy) is 1. The number of nitrogens with zero attached hydrogens (tertiary/aromatic N) is 1. The van der Waals surface area contributed by atoms with E-state index in [-0.39, 0.29) is 5.91 Å². The summed E-state index contributed by atoms with van der Waals surface area (Å²) >= 11 is 0. The van der Waals surface area contributed by atoms with Crippen LogP contribution in [0.5, 0.6) is 5.75 Å². The molecule has 0 spiro atoms. The number of benzene rings is 1. The zero-order chi connectivity index (χ0) is 16.9. The number of carbonyl (C=O) groups excluding carboxylic acids is 1. The van der Waals surface area contributed by atoms with E-state index in [1.54, 1.807) is 12.1 Å². The Labute approximate surface area is 142 Å². The lowest BCUT2D eigenvalue weighted by Gasteiger charge is -2.11. The average Bonchev–Trinajstić information content (AvgIpc) is 3.06. The minimum absolute atomic E-state index is 0.118. The van der Waals surface area contributed by atoms with Crippen molar-refractivity contribution >= 4 is 5.91 Å². The van der Waals surface area contributed by atoms with E-state index in [9.17, 15) is 4.79 Å². The molecule has 1 heterocycles. The molecule has 3 N–H and O–H groups in total. The van der Waals surface area contributed by atoms with E-state index in [1.807, 2.05) is 19.2 Å². The Hall–Kier alpha value is -2.40. The first-order chi connectivity index (χ1) is 11.7. The molecule has 0 saturated heterocycles. The molecule has 1 aromatic carbocycles. The molecule has 5 nitrogen and oxygen atoms in total. The van der Waals surface area contributed by atoms with Gasteiger partial charge in [0.1, 0.15) is 12.4 Å². The van der Waals surface area contributed by atoms with E-state index in [0.29, 0.717) is 31.0 Å². The predicted octanol–water partition coefficient (Wildman–Crippen LogP) is 2.15. The van der Waals surface area contributed by atoms with Crippen molar-refractivity contribution < 1.29 is 9.53 Å². The largest absolute Gasteiger partial charge is 0.492 e. The third-order valence-corrected chi connectivity index (χ3v) is 4.26. The number of nitrogens with one attached hydrogen (secondary N) is 1. The smallest absolute Gasteiger partial charge is 0.251 e. The molecule has 0 saturated carbocycles. The number of pyridine rings is 1. The second-order valence-electron chi connectivity index (χ2n) is 6.10. The van der Waals surface area contributed by atoms with Crippen LogP contribution in [0.2, 0.25) is 0 Å². The first-order valence-electron chi connectivity index (χ1n) is 8.36. The van der Waals surface area contributed by atoms with Gasteiger partial charge in [0, 0.05) is 30.5 Å². The van der Waals surface area contributed by atoms with Crippen LogP contribution in [-0.4, -0.2) is 24.0 Å². The van der Waals surface area contributed by atoms with Crippen LogP contribution in [0, 0.1) is 6.92 Å². The maximum atomic E-state index is 12.4. The molecule has 1 amide bonds. The Morgan fingerprint density at radius 3 is 3.04 bits per heavy atom. The van der Waals surface area contributed by atoms with Gasteiger partial charge >= 0.3 is 0 Å². The van der Waals surface area contributed by atoms with Crippen molar-refractivity contribution in [1.29, 1.82) is 0 Å². The fraction of sp³-hybridized carbons (Fsp3) is 0.368. The number of aryl methyl sites for hydroxylation is 3. The predicted molar refractivity (Wildman–Crippen MR) is 93.2 cm³/mol. The molecule has 126 valence electrons. The number of rotatable bonds is 6. The molecule has 0 atom stereocenters. The van der Waals surface area contributed by atoms with Gasteiger partial charge in [0.25, 0.3) is 5.91 Å². The SMILES string of the molecule is Cc1ccc(C(=O)NCc2cnc3c(c2)CCC3)cc1OCCN. The Bertz CT molecular complexity index is 743. The van der Waals surface area contributed by atoms with Crippen LogP contribution in [0.25, 0.3) is 0 Å². The van der Waals surface area contributed by atoms with E-state index < -0.39 is 0 Å². The van der Waals surface area contributed by atoms with Crippen LogP contribution in [0.15, 0.2) is 30.5 Å². The van der Waals surface area contributed by atoms with Gasteiger partial charge in [-0.1, -0.05) is 12.1 Å². The third-order valence-electron chi connectivity index (χ3n) is 4.26. The number of amides is 1. The van der Waals surface area contributed by atoms with Gasteiger partial charge in [-0.2, -0.15) is 0 Å². The average molecular weight is 325 g/mol. The molecular weight excluding hydrogens is 302 g/mol. The highest BCUT2D eigenvalue weighted by Crippen LogP contribution is 2.21. The maximum absolute atomic E-state index is 12.4. The highest BCUT2D eigenvalue weighted by Gasteiger charge is 2.13. The Balaban J connectivity index is 1.64. The lowest BCUT2D eigenvalue weighted by atomic mass is 10.1. The third kappa shape index (κ3) is 3.74. The summed E-state index contributed by atoms with van der Waals surface area (Å²) in [4.78, 5) is 16.9. The van der Waals surface area contributed by atoms with E-state index in [2.05, 4.69) is 16.4 Å². The molecule has 5 heteroatoms. The van der Waals surface area contributed by atoms with Crippen LogP contribution in [0.3, 0.4) is 0 Å². The summed E-state index contributed by atoms with van der Waals surface area (Å²) in [6.45, 7) is 3.31. The fourth-order valence-electron chi connectivity index (χ4n) is 2.92. The van der Waals surface area contributed by atoms with Crippen molar-refractivity contribution in [1.82, 2.24) is 10.3 Å². The standard InChI is InChI=1S/C19H23N3O2/c1-13-5-6-16(10-18(13)24-8-7-20)19(23)22-12-14-9-15-3-2-4-17(15)21-11-14/h5-6,9-11H,2-4,7-8,12,20H2,1H3,(H,22,23). The summed E-state index contributed by atoms with van der Waals surface area (Å²) in [7, 11) is 0. The Kier molecular flexibility index (Phi) is 5.11. The van der Waals surface area contributed by atoms with Crippen LogP contribution >= 0.6 is 0 Å². The molecule has 0 fully saturated rings. The first kappa shape index (κ1) is 16.5. The monoisotopic (exact) mass is 325 g/mol. The Morgan fingerprint density at radius 1 is 1.33 bits per heavy atom. The van der Waals surface area contributed by atoms with Crippen molar-refractivity contribution in [2.45, 2.75) is 32.7 Å². The maximum Gasteiger partial charge on any atom is 0.251 e. The van der Waals surface area contributed by atoms with Gasteiger partial charge in [-0.15, -0.1) is 0 Å². The number of fused-ring (bicyclic) bond motifs is 1. The number of hydrogen-bond acceptors (Lipinski definition) is 4. The molecule has 0 radical (unpaired) electrons. The summed E-state index contributed by atoms with van der Waals surface area (Å²) in [5.74, 6) is 0.584. The number of hydrogen-bond donors (Lipinski definition) is 2. The zero-order valence-electron chi connectivity index (χ0n) is 14.0. The van der Waals surface area contributed by atoms with E-state index in [0.717, 1.165) is 24.0 Å². The fourth-order valence-corrected chi connectivity index (χ4v) is 2.92. The molecule has 1 aliphatic carbocycles. The Morgan fingerprint density at radius 2 is 2.21 bits per heavy atom. The molecule has 3 rings (SSSR count). The zero-order valence-corrected chi connectivity index (χ0v) is 14.0. The van der Waals surface area contributed by atoms with Gasteiger partial charge in [-0.25, -0.2) is 0 Å². The van der Waals surface area contributed by atoms with Crippen LogP contribution < -0.4 is 15.8 Å². The second-order valence-corrected chi connectivity index (χ2v) is 6.10. The quantitative estimate of drug-likeness (QED) is 0.853. The molecule has 1 aliphatic rings. The lowest BCUT2D eigenvalue weighted by molar-refractivity contribution is 0.0950. The van der Waals surface area contributed by atoms with Gasteiger partial charge < -0.3 is 15.8 Å². The molecule has 0 unspecified atom stereocenters. The summed E-state index contributed by atoms with van der Waals surface area (Å²) < 4.78 is 5.57. The summed E-state index contributed by atoms with van der Waals surface area (Å²) in [5, 5.41) is 2.95. The van der Waals surface area contributed by atoms with Gasteiger partial charge in [0.2, 0.25) is 0 Å². The first-order valence-corrected chi connectivity index (χ1v) is 8.36. The molecule has 1 aromatic heterocycles. The highest BCUT2D eigenvalue weighted by atomic mass is 16.5. The summed E-state index contributed by atoms with van der Waals surface area (Å²) in [6.07, 6.45) is 5.18. The van der Waals surface area contributed by atoms with Gasteiger partial charge in [-0.05, 0) is 55.0 Å². The highest BCUT2D eigenvalue weighted by molar-refractivity contribution is 5.94. The van der Waals surface area contributed by atoms with Crippen molar-refractivity contribution in [3.8, 4) is 5.75 Å². The lowest BCUT2D eigenvalue weighted by Crippen LogP contribution is -2.23. The molecule has 24 heavy (non-hydrogen) atoms. The molecule has 2 aromatic rings. The van der Waals surface area contributed by atoms with Crippen molar-refractivity contribution in [3.05, 3.63) is 58.4 Å². The second kappa shape index (κ2) is 7.45. The number of nitrogens with two attached hydrogens (primary N) is 1. The molecule has 0 bridgehead atoms. The summed E-state index contributed by atoms with van der Waals surface area (Å²) in [5.41, 5.74) is 10.6. The van der Waals surface area contributed by atoms with E-state index in [1.165, 1.54) is 17.7 Å². The topological polar surface area (TPSA) is 77.2 Å². The van der Waals surface area contributed by atoms with Crippen molar-refractivity contribution in [2.75, 3.05) is 13.2 Å². The van der Waals surface area contributed by atoms with E-state index in [4.69, 9.17) is 10.5 Å². The summed E-state index contributed by atoms with van der Waals surface area (Å²) in [6, 6.07) is 7.61. The van der Waals surface area contributed by atoms with Crippen LogP contribution in [0.4, 0.5) is 0 Å². The number of carbonyl (C=O) groups is 1. The van der Waals surface area contributed by atoms with Crippen LogP contribution in [-0.2, 0) is 19.4 Å². The van der Waals surface area contributed by atoms with Crippen LogP contribution in [0.1, 0.15) is 39.2 Å². The molecular formula is C19H23N3O2. The van der Waals surface area contributed by atoms with Gasteiger partial charge in [0.05, 0.1) is 0 Å². The minimum atomic E-state index is -0.118. The normalized spacial score (nSPS) is 12.8. The van der Waals surface area contributed by atoms with Crippen molar-refractivity contribution in [3.63, 3.8) is 0 Å². The molecule has 0 aliphatic heterocycles. The van der Waals surface area contributed by atoms with Crippen molar-refractivity contribution in [2.24, 2.45) is 5.73 Å². The number of aromatic nitrogens is 1.